The number of para-hydroxylation sites is 2. The summed E-state index contributed by atoms with van der Waals surface area (Å²) in [7, 11) is 0. The third-order valence-corrected chi connectivity index (χ3v) is 7.52. The summed E-state index contributed by atoms with van der Waals surface area (Å²) in [6.45, 7) is 2.11. The number of carbonyl (C=O) groups excluding carboxylic acids is 1. The summed E-state index contributed by atoms with van der Waals surface area (Å²) in [4.78, 5) is 21.5. The Morgan fingerprint density at radius 2 is 1.52 bits per heavy atom. The lowest BCUT2D eigenvalue weighted by molar-refractivity contribution is -0.115. The van der Waals surface area contributed by atoms with Crippen molar-refractivity contribution in [2.45, 2.75) is 12.1 Å². The van der Waals surface area contributed by atoms with E-state index in [9.17, 15) is 4.79 Å². The molecular formula is C33H27N7OS. The molecule has 0 saturated heterocycles. The number of ketones is 1. The van der Waals surface area contributed by atoms with Gasteiger partial charge in [-0.15, -0.1) is 10.2 Å². The molecule has 0 N–H and O–H groups in total. The molecule has 0 unspecified atom stereocenters. The fourth-order valence-corrected chi connectivity index (χ4v) is 5.23. The Morgan fingerprint density at radius 3 is 2.24 bits per heavy atom. The maximum absolute atomic E-state index is 12.9. The van der Waals surface area contributed by atoms with Crippen LogP contribution < -0.4 is 0 Å². The molecule has 0 radical (unpaired) electrons. The van der Waals surface area contributed by atoms with E-state index in [1.807, 2.05) is 88.2 Å². The van der Waals surface area contributed by atoms with Gasteiger partial charge in [0.25, 0.3) is 0 Å². The number of Topliss-reactive ketones (excluding diaryl/α,β-unsaturated/α-hetero) is 1. The lowest BCUT2D eigenvalue weighted by Gasteiger charge is -2.09. The minimum absolute atomic E-state index is 0.0170. The summed E-state index contributed by atoms with van der Waals surface area (Å²) < 4.78 is 3.80. The molecule has 0 saturated carbocycles. The number of hydrogen-bond acceptors (Lipinski definition) is 7. The maximum atomic E-state index is 12.9. The first-order valence-electron chi connectivity index (χ1n) is 13.4. The topological polar surface area (TPSA) is 90.8 Å². The Morgan fingerprint density at radius 1 is 0.833 bits per heavy atom. The third kappa shape index (κ3) is 6.11. The van der Waals surface area contributed by atoms with Gasteiger partial charge in [-0.05, 0) is 43.3 Å². The Balaban J connectivity index is 1.19. The van der Waals surface area contributed by atoms with Crippen molar-refractivity contribution in [2.24, 2.45) is 4.99 Å². The average Bonchev–Trinajstić information content (AvgIpc) is 3.67. The second-order valence-electron chi connectivity index (χ2n) is 9.59. The molecule has 6 rings (SSSR count). The van der Waals surface area contributed by atoms with Crippen molar-refractivity contribution in [3.05, 3.63) is 127 Å². The Labute approximate surface area is 247 Å². The Hall–Kier alpha value is -5.15. The van der Waals surface area contributed by atoms with Gasteiger partial charge in [0.1, 0.15) is 5.69 Å². The molecule has 0 amide bonds. The van der Waals surface area contributed by atoms with Gasteiger partial charge >= 0.3 is 0 Å². The zero-order valence-electron chi connectivity index (χ0n) is 22.9. The summed E-state index contributed by atoms with van der Waals surface area (Å²) in [6.07, 6.45) is 7.12. The molecule has 3 aromatic heterocycles. The summed E-state index contributed by atoms with van der Waals surface area (Å²) >= 11 is 1.35. The number of aromatic nitrogens is 6. The normalized spacial score (nSPS) is 11.3. The highest BCUT2D eigenvalue weighted by Gasteiger charge is 2.17. The first kappa shape index (κ1) is 27.0. The standard InChI is InChI=1S/C33H27N7OS/c1-24-12-14-25(15-13-24)31-27(22-39(38-31)28-8-4-2-5-9-28)20-35-21-30(41)23-42-33-37-36-32(26-16-18-34-19-17-26)40(33)29-10-6-3-7-11-29/h2-20,22H,21,23H2,1H3. The SMILES string of the molecule is Cc1ccc(-c2nn(-c3ccccc3)cc2C=NCC(=O)CSc2nnc(-c3ccncc3)n2-c2ccccc2)cc1. The van der Waals surface area contributed by atoms with Crippen LogP contribution >= 0.6 is 11.8 Å². The monoisotopic (exact) mass is 569 g/mol. The predicted molar refractivity (Wildman–Crippen MR) is 167 cm³/mol. The largest absolute Gasteiger partial charge is 0.297 e. The van der Waals surface area contributed by atoms with Crippen molar-refractivity contribution < 1.29 is 4.79 Å². The van der Waals surface area contributed by atoms with Gasteiger partial charge in [0.15, 0.2) is 16.8 Å². The van der Waals surface area contributed by atoms with E-state index in [4.69, 9.17) is 5.10 Å². The van der Waals surface area contributed by atoms with Crippen LogP contribution in [-0.2, 0) is 4.79 Å². The number of carbonyl (C=O) groups is 1. The van der Waals surface area contributed by atoms with Crippen LogP contribution in [0.2, 0.25) is 0 Å². The molecule has 0 fully saturated rings. The van der Waals surface area contributed by atoms with E-state index in [1.54, 1.807) is 18.6 Å². The Bertz CT molecular complexity index is 1810. The third-order valence-electron chi connectivity index (χ3n) is 6.53. The van der Waals surface area contributed by atoms with Crippen LogP contribution in [0.5, 0.6) is 0 Å². The van der Waals surface area contributed by atoms with E-state index < -0.39 is 0 Å². The van der Waals surface area contributed by atoms with Crippen molar-refractivity contribution in [2.75, 3.05) is 12.3 Å². The van der Waals surface area contributed by atoms with Crippen molar-refractivity contribution in [3.8, 4) is 34.0 Å². The van der Waals surface area contributed by atoms with Crippen LogP contribution in [0.4, 0.5) is 0 Å². The molecule has 3 aromatic carbocycles. The average molecular weight is 570 g/mol. The lowest BCUT2D eigenvalue weighted by Crippen LogP contribution is -2.07. The molecule has 42 heavy (non-hydrogen) atoms. The van der Waals surface area contributed by atoms with Gasteiger partial charge in [0.2, 0.25) is 0 Å². The number of hydrogen-bond donors (Lipinski definition) is 0. The molecular weight excluding hydrogens is 542 g/mol. The number of nitrogens with zero attached hydrogens (tertiary/aromatic N) is 7. The van der Waals surface area contributed by atoms with Gasteiger partial charge in [-0.3, -0.25) is 19.3 Å². The second kappa shape index (κ2) is 12.6. The van der Waals surface area contributed by atoms with Gasteiger partial charge in [0.05, 0.1) is 18.0 Å². The second-order valence-corrected chi connectivity index (χ2v) is 10.5. The summed E-state index contributed by atoms with van der Waals surface area (Å²) in [5.41, 5.74) is 6.58. The number of benzene rings is 3. The molecule has 0 atom stereocenters. The van der Waals surface area contributed by atoms with Gasteiger partial charge < -0.3 is 0 Å². The number of pyridine rings is 1. The highest BCUT2D eigenvalue weighted by atomic mass is 32.2. The molecule has 9 heteroatoms. The van der Waals surface area contributed by atoms with Crippen molar-refractivity contribution in [1.29, 1.82) is 0 Å². The van der Waals surface area contributed by atoms with E-state index in [0.29, 0.717) is 11.0 Å². The fourth-order valence-electron chi connectivity index (χ4n) is 4.43. The zero-order chi connectivity index (χ0) is 28.7. The lowest BCUT2D eigenvalue weighted by atomic mass is 10.1. The van der Waals surface area contributed by atoms with Gasteiger partial charge in [-0.1, -0.05) is 78.0 Å². The summed E-state index contributed by atoms with van der Waals surface area (Å²) in [6, 6.07) is 31.8. The quantitative estimate of drug-likeness (QED) is 0.143. The molecule has 0 spiro atoms. The van der Waals surface area contributed by atoms with Gasteiger partial charge in [-0.2, -0.15) is 5.10 Å². The van der Waals surface area contributed by atoms with E-state index in [0.717, 1.165) is 33.8 Å². The zero-order valence-corrected chi connectivity index (χ0v) is 23.7. The van der Waals surface area contributed by atoms with Crippen LogP contribution in [0.15, 0.2) is 126 Å². The van der Waals surface area contributed by atoms with Gasteiger partial charge in [-0.25, -0.2) is 4.68 Å². The molecule has 3 heterocycles. The molecule has 6 aromatic rings. The Kier molecular flexibility index (Phi) is 8.09. The molecule has 0 aliphatic carbocycles. The first-order valence-corrected chi connectivity index (χ1v) is 14.4. The molecule has 8 nitrogen and oxygen atoms in total. The van der Waals surface area contributed by atoms with E-state index in [1.165, 1.54) is 17.3 Å². The van der Waals surface area contributed by atoms with E-state index in [2.05, 4.69) is 51.4 Å². The number of thioether (sulfide) groups is 1. The van der Waals surface area contributed by atoms with E-state index in [-0.39, 0.29) is 18.1 Å². The van der Waals surface area contributed by atoms with E-state index >= 15 is 0 Å². The number of aryl methyl sites for hydroxylation is 1. The number of rotatable bonds is 10. The summed E-state index contributed by atoms with van der Waals surface area (Å²) in [5, 5.41) is 14.3. The van der Waals surface area contributed by atoms with Crippen LogP contribution in [-0.4, -0.2) is 53.8 Å². The van der Waals surface area contributed by atoms with Crippen molar-refractivity contribution in [1.82, 2.24) is 29.5 Å². The number of aliphatic imine (C=N–C) groups is 1. The molecule has 206 valence electrons. The maximum Gasteiger partial charge on any atom is 0.196 e. The summed E-state index contributed by atoms with van der Waals surface area (Å²) in [5.74, 6) is 0.888. The minimum atomic E-state index is -0.0170. The van der Waals surface area contributed by atoms with Crippen molar-refractivity contribution >= 4 is 23.8 Å². The van der Waals surface area contributed by atoms with Crippen LogP contribution in [0, 0.1) is 6.92 Å². The smallest absolute Gasteiger partial charge is 0.196 e. The minimum Gasteiger partial charge on any atom is -0.297 e. The fraction of sp³-hybridized carbons (Fsp3) is 0.0909. The van der Waals surface area contributed by atoms with Crippen LogP contribution in [0.1, 0.15) is 11.1 Å². The first-order chi connectivity index (χ1) is 20.7. The highest BCUT2D eigenvalue weighted by Crippen LogP contribution is 2.28. The van der Waals surface area contributed by atoms with Crippen molar-refractivity contribution in [3.63, 3.8) is 0 Å². The van der Waals surface area contributed by atoms with Crippen LogP contribution in [0.25, 0.3) is 34.0 Å². The molecule has 0 bridgehead atoms. The highest BCUT2D eigenvalue weighted by molar-refractivity contribution is 7.99. The predicted octanol–water partition coefficient (Wildman–Crippen LogP) is 6.27. The molecule has 0 aliphatic rings. The van der Waals surface area contributed by atoms with Crippen LogP contribution in [0.3, 0.4) is 0 Å². The molecule has 0 aliphatic heterocycles. The van der Waals surface area contributed by atoms with Gasteiger partial charge in [0, 0.05) is 47.2 Å².